The molecular weight excluding hydrogens is 411 g/mol. The molecule has 1 saturated heterocycles. The molecule has 1 N–H and O–H groups in total. The number of amidine groups is 1. The summed E-state index contributed by atoms with van der Waals surface area (Å²) in [6.45, 7) is 0. The molecule has 142 valence electrons. The van der Waals surface area contributed by atoms with Crippen molar-refractivity contribution in [1.82, 2.24) is 4.98 Å². The van der Waals surface area contributed by atoms with Gasteiger partial charge < -0.3 is 4.42 Å². The van der Waals surface area contributed by atoms with E-state index in [1.54, 1.807) is 17.6 Å². The number of hydrogen-bond acceptors (Lipinski definition) is 6. The van der Waals surface area contributed by atoms with Crippen molar-refractivity contribution in [3.63, 3.8) is 0 Å². The van der Waals surface area contributed by atoms with Gasteiger partial charge in [-0.3, -0.25) is 10.2 Å². The van der Waals surface area contributed by atoms with E-state index in [0.29, 0.717) is 10.9 Å². The molecule has 1 amide bonds. The summed E-state index contributed by atoms with van der Waals surface area (Å²) in [4.78, 5) is 18.0. The molecule has 1 aromatic carbocycles. The Hall–Kier alpha value is -2.85. The van der Waals surface area contributed by atoms with Crippen LogP contribution >= 0.6 is 23.1 Å². The highest BCUT2D eigenvalue weighted by Crippen LogP contribution is 2.37. The number of benzene rings is 1. The lowest BCUT2D eigenvalue weighted by molar-refractivity contribution is -0.137. The number of nitrogens with one attached hydrogen (secondary N) is 1. The van der Waals surface area contributed by atoms with Crippen LogP contribution in [0.5, 0.6) is 0 Å². The van der Waals surface area contributed by atoms with Crippen molar-refractivity contribution < 1.29 is 22.4 Å². The number of thioether (sulfide) groups is 1. The number of hydrogen-bond donors (Lipinski definition) is 1. The van der Waals surface area contributed by atoms with Gasteiger partial charge in [0, 0.05) is 23.2 Å². The van der Waals surface area contributed by atoms with E-state index in [2.05, 4.69) is 4.98 Å². The third kappa shape index (κ3) is 3.48. The number of rotatable bonds is 3. The van der Waals surface area contributed by atoms with E-state index in [0.717, 1.165) is 23.9 Å². The summed E-state index contributed by atoms with van der Waals surface area (Å²) in [5.41, 5.74) is -0.489. The zero-order valence-corrected chi connectivity index (χ0v) is 15.5. The van der Waals surface area contributed by atoms with Gasteiger partial charge in [-0.2, -0.15) is 13.2 Å². The summed E-state index contributed by atoms with van der Waals surface area (Å²) in [5.74, 6) is 0.152. The first kappa shape index (κ1) is 18.5. The Morgan fingerprint density at radius 1 is 1.21 bits per heavy atom. The lowest BCUT2D eigenvalue weighted by Crippen LogP contribution is -2.27. The molecule has 5 nitrogen and oxygen atoms in total. The number of furan rings is 1. The Labute approximate surface area is 165 Å². The highest BCUT2D eigenvalue weighted by Gasteiger charge is 2.35. The molecule has 1 aliphatic rings. The highest BCUT2D eigenvalue weighted by atomic mass is 32.2. The maximum Gasteiger partial charge on any atom is 0.416 e. The Morgan fingerprint density at radius 3 is 2.75 bits per heavy atom. The predicted molar refractivity (Wildman–Crippen MR) is 102 cm³/mol. The molecule has 1 aliphatic heterocycles. The van der Waals surface area contributed by atoms with Crippen LogP contribution in [0.3, 0.4) is 0 Å². The lowest BCUT2D eigenvalue weighted by atomic mass is 10.1. The van der Waals surface area contributed by atoms with E-state index in [4.69, 9.17) is 9.83 Å². The van der Waals surface area contributed by atoms with Crippen LogP contribution in [0.1, 0.15) is 11.3 Å². The van der Waals surface area contributed by atoms with Crippen LogP contribution in [0.2, 0.25) is 0 Å². The summed E-state index contributed by atoms with van der Waals surface area (Å²) in [5, 5.41) is 10.1. The lowest BCUT2D eigenvalue weighted by Gasteiger charge is -2.08. The Kier molecular flexibility index (Phi) is 4.60. The van der Waals surface area contributed by atoms with Gasteiger partial charge in [-0.15, -0.1) is 11.3 Å². The third-order valence-corrected chi connectivity index (χ3v) is 5.45. The zero-order valence-electron chi connectivity index (χ0n) is 13.9. The molecule has 10 heteroatoms. The van der Waals surface area contributed by atoms with Gasteiger partial charge in [-0.1, -0.05) is 12.1 Å². The summed E-state index contributed by atoms with van der Waals surface area (Å²) < 4.78 is 44.2. The first-order valence-corrected chi connectivity index (χ1v) is 9.52. The molecule has 0 unspecified atom stereocenters. The molecule has 2 aromatic heterocycles. The minimum atomic E-state index is -4.44. The van der Waals surface area contributed by atoms with Crippen molar-refractivity contribution in [3.8, 4) is 11.3 Å². The minimum Gasteiger partial charge on any atom is -0.457 e. The van der Waals surface area contributed by atoms with Crippen LogP contribution in [0.15, 0.2) is 57.3 Å². The number of aromatic nitrogens is 1. The maximum atomic E-state index is 12.9. The molecule has 1 fully saturated rings. The fraction of sp³-hybridized carbons (Fsp3) is 0.0556. The van der Waals surface area contributed by atoms with Gasteiger partial charge in [0.1, 0.15) is 11.5 Å². The summed E-state index contributed by atoms with van der Waals surface area (Å²) in [6.07, 6.45) is -1.44. The number of carbonyl (C=O) groups excluding carboxylic acids is 1. The number of halogens is 3. The van der Waals surface area contributed by atoms with E-state index in [-0.39, 0.29) is 21.4 Å². The standard InChI is InChI=1S/C18H10F3N3O2S2/c19-18(20,21)11-3-1-2-10(8-11)13-5-4-12(26-13)9-14-15(25)24(16(22)28-14)17-23-6-7-27-17/h1-9,22H. The number of thiazole rings is 1. The summed E-state index contributed by atoms with van der Waals surface area (Å²) in [6, 6.07) is 7.91. The van der Waals surface area contributed by atoms with E-state index in [1.807, 2.05) is 0 Å². The molecule has 4 rings (SSSR count). The number of alkyl halides is 3. The molecule has 0 bridgehead atoms. The topological polar surface area (TPSA) is 70.2 Å². The van der Waals surface area contributed by atoms with Gasteiger partial charge in [-0.25, -0.2) is 9.88 Å². The average molecular weight is 421 g/mol. The highest BCUT2D eigenvalue weighted by molar-refractivity contribution is 8.19. The van der Waals surface area contributed by atoms with Crippen molar-refractivity contribution in [3.05, 3.63) is 64.2 Å². The molecule has 0 spiro atoms. The fourth-order valence-electron chi connectivity index (χ4n) is 2.55. The van der Waals surface area contributed by atoms with E-state index in [1.165, 1.54) is 40.5 Å². The van der Waals surface area contributed by atoms with E-state index >= 15 is 0 Å². The molecule has 3 heterocycles. The Balaban J connectivity index is 1.61. The third-order valence-electron chi connectivity index (χ3n) is 3.81. The molecule has 28 heavy (non-hydrogen) atoms. The molecular formula is C18H10F3N3O2S2. The van der Waals surface area contributed by atoms with Crippen LogP contribution in [-0.4, -0.2) is 16.1 Å². The summed E-state index contributed by atoms with van der Waals surface area (Å²) in [7, 11) is 0. The van der Waals surface area contributed by atoms with Crippen molar-refractivity contribution in [2.75, 3.05) is 4.90 Å². The van der Waals surface area contributed by atoms with Crippen molar-refractivity contribution in [1.29, 1.82) is 5.41 Å². The van der Waals surface area contributed by atoms with Crippen LogP contribution in [0.4, 0.5) is 18.3 Å². The van der Waals surface area contributed by atoms with Gasteiger partial charge in [0.15, 0.2) is 10.3 Å². The van der Waals surface area contributed by atoms with Gasteiger partial charge in [0.25, 0.3) is 5.91 Å². The second-order valence-corrected chi connectivity index (χ2v) is 7.56. The SMILES string of the molecule is N=C1SC(=Cc2ccc(-c3cccc(C(F)(F)F)c3)o2)C(=O)N1c1nccs1. The first-order valence-electron chi connectivity index (χ1n) is 7.82. The van der Waals surface area contributed by atoms with Crippen molar-refractivity contribution >= 4 is 45.4 Å². The van der Waals surface area contributed by atoms with Crippen molar-refractivity contribution in [2.24, 2.45) is 0 Å². The molecule has 0 atom stereocenters. The normalized spacial score (nSPS) is 16.4. The van der Waals surface area contributed by atoms with Crippen molar-refractivity contribution in [2.45, 2.75) is 6.18 Å². The van der Waals surface area contributed by atoms with E-state index in [9.17, 15) is 18.0 Å². The number of nitrogens with zero attached hydrogens (tertiary/aromatic N) is 2. The number of carbonyl (C=O) groups is 1. The second-order valence-electron chi connectivity index (χ2n) is 5.65. The number of amides is 1. The molecule has 0 radical (unpaired) electrons. The van der Waals surface area contributed by atoms with Gasteiger partial charge >= 0.3 is 6.18 Å². The smallest absolute Gasteiger partial charge is 0.416 e. The molecule has 3 aromatic rings. The second kappa shape index (κ2) is 6.95. The van der Waals surface area contributed by atoms with Crippen LogP contribution in [0, 0.1) is 5.41 Å². The largest absolute Gasteiger partial charge is 0.457 e. The average Bonchev–Trinajstić information content (AvgIpc) is 3.37. The maximum absolute atomic E-state index is 12.9. The van der Waals surface area contributed by atoms with Gasteiger partial charge in [-0.05, 0) is 36.0 Å². The molecule has 0 aliphatic carbocycles. The van der Waals surface area contributed by atoms with Gasteiger partial charge in [0.2, 0.25) is 0 Å². The quantitative estimate of drug-likeness (QED) is 0.569. The van der Waals surface area contributed by atoms with E-state index < -0.39 is 17.6 Å². The minimum absolute atomic E-state index is 0.0239. The Bertz CT molecular complexity index is 1090. The first-order chi connectivity index (χ1) is 13.3. The van der Waals surface area contributed by atoms with Crippen LogP contribution in [0.25, 0.3) is 17.4 Å². The number of anilines is 1. The van der Waals surface area contributed by atoms with Crippen LogP contribution < -0.4 is 4.90 Å². The Morgan fingerprint density at radius 2 is 2.04 bits per heavy atom. The monoisotopic (exact) mass is 421 g/mol. The summed E-state index contributed by atoms with van der Waals surface area (Å²) >= 11 is 2.20. The predicted octanol–water partition coefficient (Wildman–Crippen LogP) is 5.48. The van der Waals surface area contributed by atoms with Crippen LogP contribution in [-0.2, 0) is 11.0 Å². The molecule has 0 saturated carbocycles. The fourth-order valence-corrected chi connectivity index (χ4v) is 4.08. The zero-order chi connectivity index (χ0) is 19.9. The van der Waals surface area contributed by atoms with Gasteiger partial charge in [0.05, 0.1) is 10.5 Å².